The summed E-state index contributed by atoms with van der Waals surface area (Å²) in [5, 5.41) is 23.1. The number of carboxylic acid groups (broad SMARTS) is 1. The van der Waals surface area contributed by atoms with E-state index in [0.717, 1.165) is 0 Å². The summed E-state index contributed by atoms with van der Waals surface area (Å²) < 4.78 is 0. The number of aromatic amines is 1. The van der Waals surface area contributed by atoms with Gasteiger partial charge in [-0.25, -0.2) is 9.78 Å². The first-order valence-corrected chi connectivity index (χ1v) is 7.91. The first kappa shape index (κ1) is 20.6. The van der Waals surface area contributed by atoms with Gasteiger partial charge in [-0.05, 0) is 12.3 Å². The molecule has 7 N–H and O–H groups in total. The van der Waals surface area contributed by atoms with E-state index in [0.29, 0.717) is 5.69 Å². The molecule has 25 heavy (non-hydrogen) atoms. The van der Waals surface area contributed by atoms with Gasteiger partial charge < -0.3 is 31.6 Å². The number of aromatic nitrogens is 2. The third-order valence-corrected chi connectivity index (χ3v) is 3.47. The summed E-state index contributed by atoms with van der Waals surface area (Å²) in [7, 11) is 0. The molecule has 0 bridgehead atoms. The van der Waals surface area contributed by atoms with Crippen molar-refractivity contribution in [3.63, 3.8) is 0 Å². The van der Waals surface area contributed by atoms with Crippen LogP contribution in [-0.4, -0.2) is 62.7 Å². The topological polar surface area (TPSA) is 170 Å². The summed E-state index contributed by atoms with van der Waals surface area (Å²) in [5.74, 6) is -2.45. The molecule has 0 radical (unpaired) electrons. The van der Waals surface area contributed by atoms with E-state index in [-0.39, 0.29) is 18.8 Å². The normalized spacial score (nSPS) is 14.6. The molecule has 140 valence electrons. The molecule has 0 aromatic carbocycles. The van der Waals surface area contributed by atoms with Gasteiger partial charge in [-0.15, -0.1) is 0 Å². The van der Waals surface area contributed by atoms with Crippen LogP contribution in [-0.2, 0) is 20.8 Å². The molecule has 0 fully saturated rings. The Balaban J connectivity index is 2.86. The highest BCUT2D eigenvalue weighted by Crippen LogP contribution is 2.06. The Labute approximate surface area is 145 Å². The van der Waals surface area contributed by atoms with Gasteiger partial charge in [0.2, 0.25) is 11.8 Å². The number of aliphatic hydroxyl groups is 1. The van der Waals surface area contributed by atoms with E-state index in [1.165, 1.54) is 12.5 Å². The van der Waals surface area contributed by atoms with Gasteiger partial charge in [-0.3, -0.25) is 9.59 Å². The minimum absolute atomic E-state index is 0.0601. The molecule has 0 aliphatic rings. The fraction of sp³-hybridized carbons (Fsp3) is 0.600. The lowest BCUT2D eigenvalue weighted by Gasteiger charge is -2.23. The number of H-pyrrole nitrogens is 1. The summed E-state index contributed by atoms with van der Waals surface area (Å²) in [6, 6.07) is -3.30. The number of hydrogen-bond donors (Lipinski definition) is 6. The molecule has 0 unspecified atom stereocenters. The largest absolute Gasteiger partial charge is 0.480 e. The van der Waals surface area contributed by atoms with Crippen molar-refractivity contribution in [3.05, 3.63) is 18.2 Å². The van der Waals surface area contributed by atoms with Crippen LogP contribution in [0.5, 0.6) is 0 Å². The average Bonchev–Trinajstić information content (AvgIpc) is 3.05. The molecule has 0 spiro atoms. The van der Waals surface area contributed by atoms with Crippen molar-refractivity contribution in [1.29, 1.82) is 0 Å². The Morgan fingerprint density at radius 2 is 1.88 bits per heavy atom. The maximum absolute atomic E-state index is 12.5. The van der Waals surface area contributed by atoms with Crippen LogP contribution >= 0.6 is 0 Å². The zero-order chi connectivity index (χ0) is 19.0. The van der Waals surface area contributed by atoms with Crippen molar-refractivity contribution in [2.45, 2.75) is 44.8 Å². The molecule has 0 aliphatic carbocycles. The number of nitrogens with two attached hydrogens (primary N) is 1. The van der Waals surface area contributed by atoms with Crippen LogP contribution < -0.4 is 16.4 Å². The van der Waals surface area contributed by atoms with Crippen LogP contribution in [0.1, 0.15) is 26.0 Å². The molecule has 1 aromatic rings. The summed E-state index contributed by atoms with van der Waals surface area (Å²) in [5.41, 5.74) is 6.02. The smallest absolute Gasteiger partial charge is 0.326 e. The van der Waals surface area contributed by atoms with E-state index in [2.05, 4.69) is 20.6 Å². The minimum atomic E-state index is -1.18. The maximum Gasteiger partial charge on any atom is 0.326 e. The van der Waals surface area contributed by atoms with Gasteiger partial charge in [0.1, 0.15) is 18.1 Å². The van der Waals surface area contributed by atoms with Gasteiger partial charge in [0, 0.05) is 18.3 Å². The van der Waals surface area contributed by atoms with E-state index >= 15 is 0 Å². The predicted molar refractivity (Wildman–Crippen MR) is 88.3 cm³/mol. The van der Waals surface area contributed by atoms with Gasteiger partial charge in [0.15, 0.2) is 0 Å². The lowest BCUT2D eigenvalue weighted by Crippen LogP contribution is -2.56. The Morgan fingerprint density at radius 1 is 1.24 bits per heavy atom. The van der Waals surface area contributed by atoms with E-state index in [9.17, 15) is 19.5 Å². The first-order valence-electron chi connectivity index (χ1n) is 7.91. The Bertz CT molecular complexity index is 575. The average molecular weight is 355 g/mol. The summed E-state index contributed by atoms with van der Waals surface area (Å²) in [6.07, 6.45) is 3.23. The number of carboxylic acids is 1. The Kier molecular flexibility index (Phi) is 8.02. The SMILES string of the molecule is CC(C)C[C@H](NC(=O)[C@H](Cc1cnc[nH]1)NC(=O)[C@@H](N)CO)C(=O)O. The first-order chi connectivity index (χ1) is 11.7. The maximum atomic E-state index is 12.5. The van der Waals surface area contributed by atoms with Gasteiger partial charge in [-0.1, -0.05) is 13.8 Å². The molecule has 0 saturated carbocycles. The third-order valence-electron chi connectivity index (χ3n) is 3.47. The van der Waals surface area contributed by atoms with Crippen LogP contribution in [0.25, 0.3) is 0 Å². The lowest BCUT2D eigenvalue weighted by atomic mass is 10.0. The van der Waals surface area contributed by atoms with Gasteiger partial charge in [-0.2, -0.15) is 0 Å². The number of amides is 2. The second kappa shape index (κ2) is 9.74. The summed E-state index contributed by atoms with van der Waals surface area (Å²) in [6.45, 7) is 3.10. The number of nitrogens with zero attached hydrogens (tertiary/aromatic N) is 1. The monoisotopic (exact) mass is 355 g/mol. The standard InChI is InChI=1S/C15H25N5O5/c1-8(2)3-12(15(24)25)20-14(23)11(4-9-5-17-7-18-9)19-13(22)10(16)6-21/h5,7-8,10-12,21H,3-4,6,16H2,1-2H3,(H,17,18)(H,19,22)(H,20,23)(H,24,25)/t10-,11-,12-/m0/s1. The van der Waals surface area contributed by atoms with Gasteiger partial charge >= 0.3 is 5.97 Å². The van der Waals surface area contributed by atoms with Crippen LogP contribution in [0.3, 0.4) is 0 Å². The second-order valence-electron chi connectivity index (χ2n) is 6.16. The Hall–Kier alpha value is -2.46. The van der Waals surface area contributed by atoms with E-state index in [1.807, 2.05) is 13.8 Å². The zero-order valence-corrected chi connectivity index (χ0v) is 14.2. The highest BCUT2D eigenvalue weighted by atomic mass is 16.4. The Morgan fingerprint density at radius 3 is 2.36 bits per heavy atom. The van der Waals surface area contributed by atoms with Crippen molar-refractivity contribution in [3.8, 4) is 0 Å². The number of nitrogens with one attached hydrogen (secondary N) is 3. The van der Waals surface area contributed by atoms with Crippen molar-refractivity contribution < 1.29 is 24.6 Å². The number of hydrogen-bond acceptors (Lipinski definition) is 6. The molecule has 10 nitrogen and oxygen atoms in total. The zero-order valence-electron chi connectivity index (χ0n) is 14.2. The van der Waals surface area contributed by atoms with E-state index < -0.39 is 42.5 Å². The number of aliphatic hydroxyl groups excluding tert-OH is 1. The predicted octanol–water partition coefficient (Wildman–Crippen LogP) is -1.63. The highest BCUT2D eigenvalue weighted by molar-refractivity contribution is 5.91. The van der Waals surface area contributed by atoms with Crippen molar-refractivity contribution in [2.24, 2.45) is 11.7 Å². The number of carbonyl (C=O) groups excluding carboxylic acids is 2. The third kappa shape index (κ3) is 6.89. The number of imidazole rings is 1. The lowest BCUT2D eigenvalue weighted by molar-refractivity contribution is -0.142. The molecule has 0 saturated heterocycles. The van der Waals surface area contributed by atoms with Gasteiger partial charge in [0.05, 0.1) is 12.9 Å². The van der Waals surface area contributed by atoms with Crippen LogP contribution in [0.15, 0.2) is 12.5 Å². The van der Waals surface area contributed by atoms with Crippen LogP contribution in [0, 0.1) is 5.92 Å². The summed E-state index contributed by atoms with van der Waals surface area (Å²) >= 11 is 0. The van der Waals surface area contributed by atoms with E-state index in [1.54, 1.807) is 0 Å². The molecule has 3 atom stereocenters. The van der Waals surface area contributed by atoms with Gasteiger partial charge in [0.25, 0.3) is 0 Å². The molecule has 2 amide bonds. The minimum Gasteiger partial charge on any atom is -0.480 e. The van der Waals surface area contributed by atoms with Crippen LogP contribution in [0.2, 0.25) is 0 Å². The van der Waals surface area contributed by atoms with Crippen molar-refractivity contribution in [1.82, 2.24) is 20.6 Å². The van der Waals surface area contributed by atoms with Crippen LogP contribution in [0.4, 0.5) is 0 Å². The quantitative estimate of drug-likeness (QED) is 0.292. The van der Waals surface area contributed by atoms with E-state index in [4.69, 9.17) is 10.8 Å². The van der Waals surface area contributed by atoms with Crippen molar-refractivity contribution in [2.75, 3.05) is 6.61 Å². The highest BCUT2D eigenvalue weighted by Gasteiger charge is 2.28. The molecular weight excluding hydrogens is 330 g/mol. The molecule has 1 heterocycles. The molecule has 1 aromatic heterocycles. The molecule has 1 rings (SSSR count). The fourth-order valence-electron chi connectivity index (χ4n) is 2.15. The number of rotatable bonds is 10. The molecular formula is C15H25N5O5. The van der Waals surface area contributed by atoms with Crippen molar-refractivity contribution >= 4 is 17.8 Å². The second-order valence-corrected chi connectivity index (χ2v) is 6.16. The number of aliphatic carboxylic acids is 1. The molecule has 0 aliphatic heterocycles. The number of carbonyl (C=O) groups is 3. The fourth-order valence-corrected chi connectivity index (χ4v) is 2.15. The summed E-state index contributed by atoms with van der Waals surface area (Å²) in [4.78, 5) is 42.3. The molecule has 10 heteroatoms.